The molecule has 3 heterocycles. The van der Waals surface area contributed by atoms with Crippen LogP contribution in [0, 0.1) is 12.7 Å². The Morgan fingerprint density at radius 2 is 1.95 bits per heavy atom. The Morgan fingerprint density at radius 3 is 2.74 bits per heavy atom. The van der Waals surface area contributed by atoms with Gasteiger partial charge in [-0.25, -0.2) is 14.2 Å². The number of anilines is 2. The molecule has 0 radical (unpaired) electrons. The molecule has 10 nitrogen and oxygen atoms in total. The molecule has 0 atom stereocenters. The van der Waals surface area contributed by atoms with Crippen molar-refractivity contribution in [3.8, 4) is 17.4 Å². The maximum Gasteiger partial charge on any atom is 0.413 e. The van der Waals surface area contributed by atoms with Crippen molar-refractivity contribution < 1.29 is 23.4 Å². The van der Waals surface area contributed by atoms with Crippen LogP contribution < -0.4 is 24.4 Å². The van der Waals surface area contributed by atoms with Crippen molar-refractivity contribution >= 4 is 17.7 Å². The minimum Gasteiger partial charge on any atom is -0.494 e. The monoisotopic (exact) mass is 516 g/mol. The summed E-state index contributed by atoms with van der Waals surface area (Å²) in [6, 6.07) is 12.5. The van der Waals surface area contributed by atoms with E-state index in [1.165, 1.54) is 31.0 Å². The summed E-state index contributed by atoms with van der Waals surface area (Å²) in [5.41, 5.74) is 4.08. The van der Waals surface area contributed by atoms with Crippen molar-refractivity contribution in [2.75, 3.05) is 18.6 Å². The van der Waals surface area contributed by atoms with Gasteiger partial charge >= 0.3 is 6.09 Å². The van der Waals surface area contributed by atoms with Crippen molar-refractivity contribution in [2.24, 2.45) is 0 Å². The highest BCUT2D eigenvalue weighted by Gasteiger charge is 2.24. The fourth-order valence-corrected chi connectivity index (χ4v) is 3.96. The molecule has 0 unspecified atom stereocenters. The Bertz CT molecular complexity index is 1450. The van der Waals surface area contributed by atoms with Gasteiger partial charge in [0.2, 0.25) is 11.7 Å². The minimum atomic E-state index is -0.740. The van der Waals surface area contributed by atoms with E-state index in [4.69, 9.17) is 14.2 Å². The number of hydrogen-bond donors (Lipinski definition) is 1. The number of para-hydroxylation sites is 1. The standard InChI is InChI=1S/C27H25FN6O4/c1-17-12-30-20(13-29-17)14-32-27(35)38-24-15-31-26(34-10-9-19-5-3-4-6-22(19)34)33-25(24)37-16-18-7-8-23(36-2)21(28)11-18/h3-8,11-13,15H,9-10,14,16H2,1-2H3,(H,32,35). The number of fused-ring (bicyclic) bond motifs is 1. The van der Waals surface area contributed by atoms with Gasteiger partial charge in [0.15, 0.2) is 11.6 Å². The van der Waals surface area contributed by atoms with Crippen molar-refractivity contribution in [3.05, 3.63) is 89.4 Å². The van der Waals surface area contributed by atoms with Gasteiger partial charge < -0.3 is 24.4 Å². The second-order valence-electron chi connectivity index (χ2n) is 8.52. The maximum atomic E-state index is 14.2. The summed E-state index contributed by atoms with van der Waals surface area (Å²) in [5.74, 6) is 0.0718. The first-order valence-corrected chi connectivity index (χ1v) is 11.9. The van der Waals surface area contributed by atoms with Gasteiger partial charge in [0.1, 0.15) is 6.61 Å². The summed E-state index contributed by atoms with van der Waals surface area (Å²) in [6.07, 6.45) is 4.68. The van der Waals surface area contributed by atoms with Gasteiger partial charge in [0.25, 0.3) is 5.88 Å². The number of nitrogens with zero attached hydrogens (tertiary/aromatic N) is 5. The predicted molar refractivity (Wildman–Crippen MR) is 136 cm³/mol. The largest absolute Gasteiger partial charge is 0.494 e. The number of halogens is 1. The summed E-state index contributed by atoms with van der Waals surface area (Å²) in [6.45, 7) is 2.62. The Labute approximate surface area is 218 Å². The van der Waals surface area contributed by atoms with E-state index in [0.29, 0.717) is 23.8 Å². The number of nitrogens with one attached hydrogen (secondary N) is 1. The molecule has 0 saturated carbocycles. The fraction of sp³-hybridized carbons (Fsp3) is 0.222. The lowest BCUT2D eigenvalue weighted by atomic mass is 10.2. The third kappa shape index (κ3) is 5.61. The van der Waals surface area contributed by atoms with Crippen LogP contribution in [0.4, 0.5) is 20.8 Å². The van der Waals surface area contributed by atoms with Gasteiger partial charge in [-0.15, -0.1) is 0 Å². The highest BCUT2D eigenvalue weighted by Crippen LogP contribution is 2.35. The molecule has 38 heavy (non-hydrogen) atoms. The number of benzene rings is 2. The summed E-state index contributed by atoms with van der Waals surface area (Å²) >= 11 is 0. The van der Waals surface area contributed by atoms with Crippen LogP contribution in [0.1, 0.15) is 22.5 Å². The smallest absolute Gasteiger partial charge is 0.413 e. The van der Waals surface area contributed by atoms with Gasteiger partial charge in [-0.05, 0) is 42.7 Å². The number of rotatable bonds is 8. The second-order valence-corrected chi connectivity index (χ2v) is 8.52. The van der Waals surface area contributed by atoms with Crippen LogP contribution in [0.5, 0.6) is 17.4 Å². The van der Waals surface area contributed by atoms with E-state index in [1.54, 1.807) is 18.5 Å². The Hall–Kier alpha value is -4.80. The summed E-state index contributed by atoms with van der Waals surface area (Å²) in [5, 5.41) is 2.62. The fourth-order valence-electron chi connectivity index (χ4n) is 3.96. The predicted octanol–water partition coefficient (Wildman–Crippen LogP) is 4.28. The topological polar surface area (TPSA) is 112 Å². The number of carbonyl (C=O) groups is 1. The summed E-state index contributed by atoms with van der Waals surface area (Å²) in [7, 11) is 1.40. The van der Waals surface area contributed by atoms with Gasteiger partial charge in [-0.1, -0.05) is 24.3 Å². The normalized spacial score (nSPS) is 12.1. The lowest BCUT2D eigenvalue weighted by Gasteiger charge is -2.19. The number of amides is 1. The zero-order chi connectivity index (χ0) is 26.5. The Kier molecular flexibility index (Phi) is 7.25. The molecule has 0 aliphatic carbocycles. The van der Waals surface area contributed by atoms with E-state index in [0.717, 1.165) is 17.8 Å². The van der Waals surface area contributed by atoms with Crippen LogP contribution in [0.2, 0.25) is 0 Å². The van der Waals surface area contributed by atoms with Crippen molar-refractivity contribution in [2.45, 2.75) is 26.5 Å². The molecule has 0 saturated heterocycles. The van der Waals surface area contributed by atoms with Crippen molar-refractivity contribution in [3.63, 3.8) is 0 Å². The summed E-state index contributed by atoms with van der Waals surface area (Å²) in [4.78, 5) is 31.8. The zero-order valence-electron chi connectivity index (χ0n) is 20.8. The van der Waals surface area contributed by atoms with E-state index < -0.39 is 11.9 Å². The molecule has 2 aromatic carbocycles. The average Bonchev–Trinajstić information content (AvgIpc) is 3.36. The van der Waals surface area contributed by atoms with E-state index in [2.05, 4.69) is 31.3 Å². The lowest BCUT2D eigenvalue weighted by molar-refractivity contribution is 0.194. The van der Waals surface area contributed by atoms with Crippen LogP contribution >= 0.6 is 0 Å². The molecule has 0 fully saturated rings. The third-order valence-electron chi connectivity index (χ3n) is 5.88. The van der Waals surface area contributed by atoms with Crippen molar-refractivity contribution in [1.82, 2.24) is 25.3 Å². The molecule has 2 aromatic heterocycles. The minimum absolute atomic E-state index is 0.0164. The lowest BCUT2D eigenvalue weighted by Crippen LogP contribution is -2.27. The van der Waals surface area contributed by atoms with Gasteiger partial charge in [-0.3, -0.25) is 9.97 Å². The summed E-state index contributed by atoms with van der Waals surface area (Å²) < 4.78 is 30.5. The van der Waals surface area contributed by atoms with E-state index in [9.17, 15) is 9.18 Å². The Balaban J connectivity index is 1.35. The number of aromatic nitrogens is 4. The van der Waals surface area contributed by atoms with Crippen LogP contribution in [0.25, 0.3) is 0 Å². The molecule has 0 bridgehead atoms. The third-order valence-corrected chi connectivity index (χ3v) is 5.88. The Morgan fingerprint density at radius 1 is 1.08 bits per heavy atom. The second kappa shape index (κ2) is 11.1. The molecule has 1 N–H and O–H groups in total. The molecule has 11 heteroatoms. The quantitative estimate of drug-likeness (QED) is 0.367. The number of aryl methyl sites for hydroxylation is 1. The molecule has 0 spiro atoms. The molecular weight excluding hydrogens is 491 g/mol. The van der Waals surface area contributed by atoms with Crippen LogP contribution in [-0.4, -0.2) is 39.7 Å². The average molecular weight is 517 g/mol. The number of carbonyl (C=O) groups excluding carboxylic acids is 1. The van der Waals surface area contributed by atoms with Gasteiger partial charge in [0, 0.05) is 18.4 Å². The SMILES string of the molecule is COc1ccc(COc2nc(N3CCc4ccccc43)ncc2OC(=O)NCc2cnc(C)cn2)cc1F. The van der Waals surface area contributed by atoms with Crippen LogP contribution in [0.3, 0.4) is 0 Å². The molecule has 4 aromatic rings. The van der Waals surface area contributed by atoms with Crippen LogP contribution in [0.15, 0.2) is 61.1 Å². The van der Waals surface area contributed by atoms with E-state index in [1.807, 2.05) is 30.0 Å². The number of methoxy groups -OCH3 is 1. The maximum absolute atomic E-state index is 14.2. The zero-order valence-corrected chi connectivity index (χ0v) is 20.8. The first-order valence-electron chi connectivity index (χ1n) is 11.9. The van der Waals surface area contributed by atoms with E-state index in [-0.39, 0.29) is 30.5 Å². The molecule has 1 aliphatic rings. The molecular formula is C27H25FN6O4. The molecule has 1 aliphatic heterocycles. The molecule has 194 valence electrons. The highest BCUT2D eigenvalue weighted by atomic mass is 19.1. The highest BCUT2D eigenvalue weighted by molar-refractivity contribution is 5.71. The van der Waals surface area contributed by atoms with E-state index >= 15 is 0 Å². The first kappa shape index (κ1) is 24.9. The molecule has 5 rings (SSSR count). The number of hydrogen-bond acceptors (Lipinski definition) is 9. The molecule has 1 amide bonds. The number of ether oxygens (including phenoxy) is 3. The van der Waals surface area contributed by atoms with Crippen LogP contribution in [-0.2, 0) is 19.6 Å². The van der Waals surface area contributed by atoms with Gasteiger partial charge in [0.05, 0.1) is 37.4 Å². The van der Waals surface area contributed by atoms with Gasteiger partial charge in [-0.2, -0.15) is 4.98 Å². The first-order chi connectivity index (χ1) is 18.5. The van der Waals surface area contributed by atoms with Crippen molar-refractivity contribution in [1.29, 1.82) is 0 Å².